The first kappa shape index (κ1) is 16.1. The maximum Gasteiger partial charge on any atom is 0.393 e. The number of benzene rings is 1. The zero-order valence-electron chi connectivity index (χ0n) is 11.5. The Kier molecular flexibility index (Phi) is 4.48. The predicted molar refractivity (Wildman–Crippen MR) is 73.5 cm³/mol. The third-order valence-corrected chi connectivity index (χ3v) is 5.51. The molecule has 1 N–H and O–H groups in total. The van der Waals surface area contributed by atoms with E-state index in [4.69, 9.17) is 0 Å². The van der Waals surface area contributed by atoms with E-state index in [-0.39, 0.29) is 24.3 Å². The van der Waals surface area contributed by atoms with E-state index in [9.17, 15) is 21.6 Å². The minimum atomic E-state index is -4.36. The van der Waals surface area contributed by atoms with Crippen molar-refractivity contribution < 1.29 is 21.6 Å². The Morgan fingerprint density at radius 3 is 2.38 bits per heavy atom. The van der Waals surface area contributed by atoms with Gasteiger partial charge in [-0.3, -0.25) is 0 Å². The van der Waals surface area contributed by atoms with Gasteiger partial charge in [-0.25, -0.2) is 8.42 Å². The molecule has 4 nitrogen and oxygen atoms in total. The van der Waals surface area contributed by atoms with Crippen LogP contribution in [-0.2, 0) is 10.0 Å². The average Bonchev–Trinajstić information content (AvgIpc) is 2.46. The average molecular weight is 322 g/mol. The molecule has 1 aliphatic rings. The Morgan fingerprint density at radius 2 is 1.86 bits per heavy atom. The van der Waals surface area contributed by atoms with Crippen molar-refractivity contribution in [2.45, 2.75) is 23.9 Å². The Labute approximate surface area is 122 Å². The van der Waals surface area contributed by atoms with E-state index < -0.39 is 28.7 Å². The molecule has 1 atom stereocenters. The summed E-state index contributed by atoms with van der Waals surface area (Å²) in [7, 11) is -2.18. The van der Waals surface area contributed by atoms with Crippen molar-refractivity contribution in [2.24, 2.45) is 5.92 Å². The molecule has 21 heavy (non-hydrogen) atoms. The third kappa shape index (κ3) is 3.49. The lowest BCUT2D eigenvalue weighted by molar-refractivity contribution is -0.182. The molecule has 0 saturated carbocycles. The molecule has 1 heterocycles. The highest BCUT2D eigenvalue weighted by Gasteiger charge is 2.44. The fourth-order valence-corrected chi connectivity index (χ4v) is 3.89. The number of nitrogens with one attached hydrogen (secondary N) is 1. The van der Waals surface area contributed by atoms with Crippen LogP contribution in [0.4, 0.5) is 18.9 Å². The molecular weight excluding hydrogens is 305 g/mol. The topological polar surface area (TPSA) is 49.4 Å². The van der Waals surface area contributed by atoms with Crippen molar-refractivity contribution >= 4 is 15.7 Å². The number of anilines is 1. The zero-order chi connectivity index (χ0) is 15.7. The van der Waals surface area contributed by atoms with Crippen molar-refractivity contribution in [1.82, 2.24) is 4.31 Å². The van der Waals surface area contributed by atoms with Gasteiger partial charge in [0.05, 0.1) is 10.8 Å². The number of hydrogen-bond donors (Lipinski definition) is 1. The molecule has 0 spiro atoms. The molecule has 118 valence electrons. The number of halogens is 3. The summed E-state index contributed by atoms with van der Waals surface area (Å²) in [6, 6.07) is 5.97. The third-order valence-electron chi connectivity index (χ3n) is 3.63. The van der Waals surface area contributed by atoms with E-state index in [1.165, 1.54) is 12.1 Å². The van der Waals surface area contributed by atoms with Crippen LogP contribution < -0.4 is 5.32 Å². The van der Waals surface area contributed by atoms with Crippen molar-refractivity contribution in [3.05, 3.63) is 24.3 Å². The maximum absolute atomic E-state index is 12.8. The largest absolute Gasteiger partial charge is 0.393 e. The summed E-state index contributed by atoms with van der Waals surface area (Å²) in [5, 5.41) is 2.85. The normalized spacial score (nSPS) is 21.2. The summed E-state index contributed by atoms with van der Waals surface area (Å²) in [4.78, 5) is 0.0179. The van der Waals surface area contributed by atoms with Crippen LogP contribution in [0.1, 0.15) is 12.8 Å². The van der Waals surface area contributed by atoms with Gasteiger partial charge in [0.2, 0.25) is 10.0 Å². The minimum absolute atomic E-state index is 0.0179. The van der Waals surface area contributed by atoms with E-state index in [0.717, 1.165) is 9.99 Å². The summed E-state index contributed by atoms with van der Waals surface area (Å²) in [5.74, 6) is -1.59. The van der Waals surface area contributed by atoms with Crippen molar-refractivity contribution in [2.75, 3.05) is 25.5 Å². The number of hydrogen-bond acceptors (Lipinski definition) is 3. The highest BCUT2D eigenvalue weighted by molar-refractivity contribution is 7.89. The molecule has 8 heteroatoms. The van der Waals surface area contributed by atoms with Crippen LogP contribution in [0.25, 0.3) is 0 Å². The second-order valence-electron chi connectivity index (χ2n) is 5.02. The second kappa shape index (κ2) is 5.84. The van der Waals surface area contributed by atoms with Gasteiger partial charge >= 0.3 is 6.18 Å². The van der Waals surface area contributed by atoms with Gasteiger partial charge in [-0.15, -0.1) is 0 Å². The van der Waals surface area contributed by atoms with Crippen LogP contribution in [0.3, 0.4) is 0 Å². The molecule has 0 aliphatic carbocycles. The lowest BCUT2D eigenvalue weighted by atomic mass is 9.99. The van der Waals surface area contributed by atoms with Gasteiger partial charge in [0.1, 0.15) is 0 Å². The monoisotopic (exact) mass is 322 g/mol. The first-order valence-electron chi connectivity index (χ1n) is 6.60. The van der Waals surface area contributed by atoms with E-state index >= 15 is 0 Å². The first-order chi connectivity index (χ1) is 9.75. The standard InChI is InChI=1S/C13H17F3N2O2S/c1-17-11-4-6-12(7-5-11)21(19,20)18-8-2-3-10(9-18)13(14,15)16/h4-7,10,17H,2-3,8-9H2,1H3. The lowest BCUT2D eigenvalue weighted by Gasteiger charge is -2.32. The van der Waals surface area contributed by atoms with Gasteiger partial charge in [-0.05, 0) is 37.1 Å². The Hall–Kier alpha value is -1.28. The number of sulfonamides is 1. The summed E-state index contributed by atoms with van der Waals surface area (Å²) in [5.41, 5.74) is 0.737. The Bertz CT molecular complexity index is 584. The highest BCUT2D eigenvalue weighted by Crippen LogP contribution is 2.35. The fourth-order valence-electron chi connectivity index (χ4n) is 2.37. The Morgan fingerprint density at radius 1 is 1.24 bits per heavy atom. The van der Waals surface area contributed by atoms with Crippen molar-refractivity contribution in [1.29, 1.82) is 0 Å². The summed E-state index contributed by atoms with van der Waals surface area (Å²) in [6.45, 7) is -0.373. The molecule has 1 aromatic carbocycles. The SMILES string of the molecule is CNc1ccc(S(=O)(=O)N2CCCC(C(F)(F)F)C2)cc1. The number of piperidine rings is 1. The van der Waals surface area contributed by atoms with Crippen LogP contribution in [0, 0.1) is 5.92 Å². The molecule has 0 amide bonds. The van der Waals surface area contributed by atoms with Gasteiger partial charge in [0.15, 0.2) is 0 Å². The number of alkyl halides is 3. The molecule has 0 radical (unpaired) electrons. The van der Waals surface area contributed by atoms with E-state index in [2.05, 4.69) is 5.32 Å². The minimum Gasteiger partial charge on any atom is -0.388 e. The quantitative estimate of drug-likeness (QED) is 0.931. The number of rotatable bonds is 3. The lowest BCUT2D eigenvalue weighted by Crippen LogP contribution is -2.44. The molecular formula is C13H17F3N2O2S. The van der Waals surface area contributed by atoms with Gasteiger partial charge in [0.25, 0.3) is 0 Å². The van der Waals surface area contributed by atoms with Crippen LogP contribution in [-0.4, -0.2) is 39.0 Å². The fraction of sp³-hybridized carbons (Fsp3) is 0.538. The molecule has 1 saturated heterocycles. The van der Waals surface area contributed by atoms with Crippen LogP contribution >= 0.6 is 0 Å². The molecule has 0 bridgehead atoms. The molecule has 1 fully saturated rings. The highest BCUT2D eigenvalue weighted by atomic mass is 32.2. The number of nitrogens with zero attached hydrogens (tertiary/aromatic N) is 1. The smallest absolute Gasteiger partial charge is 0.388 e. The molecule has 1 aliphatic heterocycles. The van der Waals surface area contributed by atoms with Gasteiger partial charge in [-0.2, -0.15) is 17.5 Å². The molecule has 1 aromatic rings. The maximum atomic E-state index is 12.8. The molecule has 2 rings (SSSR count). The van der Waals surface area contributed by atoms with Crippen LogP contribution in [0.5, 0.6) is 0 Å². The second-order valence-corrected chi connectivity index (χ2v) is 6.96. The summed E-state index contributed by atoms with van der Waals surface area (Å²) >= 11 is 0. The summed E-state index contributed by atoms with van der Waals surface area (Å²) < 4.78 is 64.1. The van der Waals surface area contributed by atoms with Gasteiger partial charge in [-0.1, -0.05) is 0 Å². The van der Waals surface area contributed by atoms with E-state index in [0.29, 0.717) is 0 Å². The Balaban J connectivity index is 2.22. The van der Waals surface area contributed by atoms with E-state index in [1.807, 2.05) is 0 Å². The zero-order valence-corrected chi connectivity index (χ0v) is 12.3. The first-order valence-corrected chi connectivity index (χ1v) is 8.04. The van der Waals surface area contributed by atoms with Crippen LogP contribution in [0.15, 0.2) is 29.2 Å². The molecule has 0 aromatic heterocycles. The van der Waals surface area contributed by atoms with Crippen molar-refractivity contribution in [3.8, 4) is 0 Å². The van der Waals surface area contributed by atoms with Crippen molar-refractivity contribution in [3.63, 3.8) is 0 Å². The summed E-state index contributed by atoms with van der Waals surface area (Å²) in [6.07, 6.45) is -4.16. The van der Waals surface area contributed by atoms with Gasteiger partial charge in [0, 0.05) is 25.8 Å². The molecule has 1 unspecified atom stereocenters. The van der Waals surface area contributed by atoms with Crippen LogP contribution in [0.2, 0.25) is 0 Å². The van der Waals surface area contributed by atoms with Gasteiger partial charge < -0.3 is 5.32 Å². The predicted octanol–water partition coefficient (Wildman–Crippen LogP) is 2.69. The van der Waals surface area contributed by atoms with E-state index in [1.54, 1.807) is 19.2 Å².